The summed E-state index contributed by atoms with van der Waals surface area (Å²) in [5.41, 5.74) is 0.671. The molecule has 1 aromatic rings. The first-order valence-electron chi connectivity index (χ1n) is 4.81. The minimum absolute atomic E-state index is 0.314. The quantitative estimate of drug-likeness (QED) is 0.915. The molecule has 2 nitrogen and oxygen atoms in total. The van der Waals surface area contributed by atoms with Gasteiger partial charge in [-0.3, -0.25) is 5.32 Å². The lowest BCUT2D eigenvalue weighted by atomic mass is 10.1. The zero-order valence-corrected chi connectivity index (χ0v) is 9.59. The molecule has 1 aliphatic carbocycles. The minimum atomic E-state index is -0.428. The third-order valence-electron chi connectivity index (χ3n) is 2.38. The van der Waals surface area contributed by atoms with E-state index in [2.05, 4.69) is 27.3 Å². The maximum atomic E-state index is 13.0. The molecule has 0 radical (unpaired) electrons. The highest BCUT2D eigenvalue weighted by atomic mass is 79.9. The fraction of sp³-hybridized carbons (Fsp3) is 0.364. The van der Waals surface area contributed by atoms with E-state index < -0.39 is 6.04 Å². The molecule has 0 heterocycles. The van der Waals surface area contributed by atoms with Crippen molar-refractivity contribution in [1.29, 1.82) is 5.26 Å². The first-order valence-corrected chi connectivity index (χ1v) is 5.60. The number of nitriles is 1. The number of hydrogen-bond donors (Lipinski definition) is 1. The van der Waals surface area contributed by atoms with Gasteiger partial charge in [0.1, 0.15) is 11.9 Å². The van der Waals surface area contributed by atoms with Crippen molar-refractivity contribution >= 4 is 15.9 Å². The number of hydrogen-bond acceptors (Lipinski definition) is 2. The van der Waals surface area contributed by atoms with Crippen molar-refractivity contribution in [2.24, 2.45) is 0 Å². The summed E-state index contributed by atoms with van der Waals surface area (Å²) in [4.78, 5) is 0. The Hall–Kier alpha value is -0.920. The van der Waals surface area contributed by atoms with Gasteiger partial charge in [0.05, 0.1) is 6.07 Å². The molecule has 1 atom stereocenters. The first kappa shape index (κ1) is 10.6. The molecule has 0 amide bonds. The summed E-state index contributed by atoms with van der Waals surface area (Å²) in [6.45, 7) is 0. The maximum absolute atomic E-state index is 13.0. The summed E-state index contributed by atoms with van der Waals surface area (Å²) in [5, 5.41) is 12.2. The zero-order valence-electron chi connectivity index (χ0n) is 8.00. The molecule has 0 saturated heterocycles. The monoisotopic (exact) mass is 268 g/mol. The van der Waals surface area contributed by atoms with Crippen LogP contribution in [0.25, 0.3) is 0 Å². The van der Waals surface area contributed by atoms with Crippen LogP contribution in [0.1, 0.15) is 24.4 Å². The molecule has 1 fully saturated rings. The second-order valence-corrected chi connectivity index (χ2v) is 4.52. The number of nitrogens with one attached hydrogen (secondary N) is 1. The molecule has 0 spiro atoms. The lowest BCUT2D eigenvalue weighted by molar-refractivity contribution is 0.600. The third kappa shape index (κ3) is 2.55. The van der Waals surface area contributed by atoms with Crippen LogP contribution in [0.2, 0.25) is 0 Å². The van der Waals surface area contributed by atoms with E-state index in [0.717, 1.165) is 17.3 Å². The van der Waals surface area contributed by atoms with Crippen LogP contribution in [0.5, 0.6) is 0 Å². The highest BCUT2D eigenvalue weighted by Gasteiger charge is 2.26. The summed E-state index contributed by atoms with van der Waals surface area (Å²) in [5.74, 6) is -0.314. The molecule has 1 unspecified atom stereocenters. The molecule has 78 valence electrons. The maximum Gasteiger partial charge on any atom is 0.123 e. The minimum Gasteiger partial charge on any atom is -0.295 e. The van der Waals surface area contributed by atoms with E-state index in [1.807, 2.05) is 0 Å². The summed E-state index contributed by atoms with van der Waals surface area (Å²) < 4.78 is 13.8. The van der Waals surface area contributed by atoms with Gasteiger partial charge in [-0.05, 0) is 31.0 Å². The molecular weight excluding hydrogens is 259 g/mol. The van der Waals surface area contributed by atoms with Crippen LogP contribution >= 0.6 is 15.9 Å². The molecule has 1 aromatic carbocycles. The van der Waals surface area contributed by atoms with Gasteiger partial charge in [0.2, 0.25) is 0 Å². The number of nitrogens with zero attached hydrogens (tertiary/aromatic N) is 1. The van der Waals surface area contributed by atoms with Gasteiger partial charge in [0, 0.05) is 16.1 Å². The molecule has 1 aliphatic rings. The fourth-order valence-corrected chi connectivity index (χ4v) is 1.89. The van der Waals surface area contributed by atoms with Crippen molar-refractivity contribution in [1.82, 2.24) is 5.32 Å². The van der Waals surface area contributed by atoms with Gasteiger partial charge in [-0.1, -0.05) is 15.9 Å². The molecule has 0 bridgehead atoms. The lowest BCUT2D eigenvalue weighted by Gasteiger charge is -2.12. The van der Waals surface area contributed by atoms with E-state index >= 15 is 0 Å². The smallest absolute Gasteiger partial charge is 0.123 e. The predicted octanol–water partition coefficient (Wildman–Crippen LogP) is 2.90. The Morgan fingerprint density at radius 3 is 2.87 bits per heavy atom. The van der Waals surface area contributed by atoms with Crippen molar-refractivity contribution < 1.29 is 4.39 Å². The Labute approximate surface area is 96.2 Å². The topological polar surface area (TPSA) is 35.8 Å². The van der Waals surface area contributed by atoms with Crippen LogP contribution in [0, 0.1) is 17.1 Å². The molecular formula is C11H10BrFN2. The van der Waals surface area contributed by atoms with Crippen LogP contribution in [-0.2, 0) is 0 Å². The van der Waals surface area contributed by atoms with E-state index in [0.29, 0.717) is 11.6 Å². The fourth-order valence-electron chi connectivity index (χ4n) is 1.42. The molecule has 4 heteroatoms. The normalized spacial score (nSPS) is 17.1. The number of benzene rings is 1. The summed E-state index contributed by atoms with van der Waals surface area (Å²) in [6, 6.07) is 6.54. The Morgan fingerprint density at radius 1 is 1.53 bits per heavy atom. The lowest BCUT2D eigenvalue weighted by Crippen LogP contribution is -2.22. The van der Waals surface area contributed by atoms with E-state index in [9.17, 15) is 4.39 Å². The van der Waals surface area contributed by atoms with Gasteiger partial charge >= 0.3 is 0 Å². The van der Waals surface area contributed by atoms with Crippen LogP contribution in [0.15, 0.2) is 22.7 Å². The molecule has 0 aliphatic heterocycles. The van der Waals surface area contributed by atoms with Crippen molar-refractivity contribution in [3.8, 4) is 6.07 Å². The van der Waals surface area contributed by atoms with E-state index in [1.165, 1.54) is 12.1 Å². The average Bonchev–Trinajstić information content (AvgIpc) is 3.02. The largest absolute Gasteiger partial charge is 0.295 e. The predicted molar refractivity (Wildman–Crippen MR) is 58.6 cm³/mol. The second kappa shape index (κ2) is 4.30. The second-order valence-electron chi connectivity index (χ2n) is 3.67. The van der Waals surface area contributed by atoms with Crippen molar-refractivity contribution in [2.75, 3.05) is 0 Å². The van der Waals surface area contributed by atoms with E-state index in [1.54, 1.807) is 6.07 Å². The summed E-state index contributed by atoms with van der Waals surface area (Å²) >= 11 is 3.32. The molecule has 1 saturated carbocycles. The molecule has 15 heavy (non-hydrogen) atoms. The van der Waals surface area contributed by atoms with Crippen molar-refractivity contribution in [3.05, 3.63) is 34.1 Å². The average molecular weight is 269 g/mol. The Bertz CT molecular complexity index is 410. The van der Waals surface area contributed by atoms with E-state index in [4.69, 9.17) is 5.26 Å². The zero-order chi connectivity index (χ0) is 10.8. The molecule has 0 aromatic heterocycles. The van der Waals surface area contributed by atoms with Gasteiger partial charge < -0.3 is 0 Å². The van der Waals surface area contributed by atoms with Gasteiger partial charge in [-0.15, -0.1) is 0 Å². The summed E-state index contributed by atoms with van der Waals surface area (Å²) in [7, 11) is 0. The highest BCUT2D eigenvalue weighted by molar-refractivity contribution is 9.10. The Balaban J connectivity index is 2.24. The van der Waals surface area contributed by atoms with Gasteiger partial charge in [-0.2, -0.15) is 5.26 Å². The SMILES string of the molecule is N#CC(NC1CC1)c1cc(F)ccc1Br. The van der Waals surface area contributed by atoms with Crippen LogP contribution in [0.3, 0.4) is 0 Å². The summed E-state index contributed by atoms with van der Waals surface area (Å²) in [6.07, 6.45) is 2.20. The number of halogens is 2. The first-order chi connectivity index (χ1) is 7.20. The van der Waals surface area contributed by atoms with E-state index in [-0.39, 0.29) is 5.82 Å². The van der Waals surface area contributed by atoms with Crippen LogP contribution in [0.4, 0.5) is 4.39 Å². The van der Waals surface area contributed by atoms with Gasteiger partial charge in [-0.25, -0.2) is 4.39 Å². The van der Waals surface area contributed by atoms with Crippen molar-refractivity contribution in [3.63, 3.8) is 0 Å². The van der Waals surface area contributed by atoms with Crippen LogP contribution < -0.4 is 5.32 Å². The van der Waals surface area contributed by atoms with Crippen LogP contribution in [-0.4, -0.2) is 6.04 Å². The van der Waals surface area contributed by atoms with Crippen molar-refractivity contribution in [2.45, 2.75) is 24.9 Å². The Kier molecular flexibility index (Phi) is 3.03. The highest BCUT2D eigenvalue weighted by Crippen LogP contribution is 2.28. The standard InChI is InChI=1S/C11H10BrFN2/c12-10-4-1-7(13)5-9(10)11(6-14)15-8-2-3-8/h1,4-5,8,11,15H,2-3H2. The van der Waals surface area contributed by atoms with Gasteiger partial charge in [0.25, 0.3) is 0 Å². The number of rotatable bonds is 3. The molecule has 2 rings (SSSR count). The third-order valence-corrected chi connectivity index (χ3v) is 3.10. The van der Waals surface area contributed by atoms with Gasteiger partial charge in [0.15, 0.2) is 0 Å². The molecule has 1 N–H and O–H groups in total. The Morgan fingerprint density at radius 2 is 2.27 bits per heavy atom.